The number of nitrogens with zero attached hydrogens (tertiary/aromatic N) is 1. The van der Waals surface area contributed by atoms with Gasteiger partial charge in [0.05, 0.1) is 11.2 Å². The van der Waals surface area contributed by atoms with Gasteiger partial charge in [0.25, 0.3) is 0 Å². The molecule has 4 heteroatoms. The second-order valence-electron chi connectivity index (χ2n) is 4.85. The van der Waals surface area contributed by atoms with Gasteiger partial charge in [0.2, 0.25) is 0 Å². The topological polar surface area (TPSA) is 50.9 Å². The van der Waals surface area contributed by atoms with Crippen molar-refractivity contribution in [2.24, 2.45) is 5.84 Å². The number of aryl methyl sites for hydroxylation is 2. The first-order valence-corrected chi connectivity index (χ1v) is 7.09. The monoisotopic (exact) mass is 305 g/mol. The Balaban J connectivity index is 2.44. The molecule has 0 spiro atoms. The van der Waals surface area contributed by atoms with E-state index >= 15 is 0 Å². The Labute approximate surface area is 115 Å². The Morgan fingerprint density at radius 1 is 1.28 bits per heavy atom. The van der Waals surface area contributed by atoms with Crippen LogP contribution in [0, 0.1) is 6.92 Å². The molecule has 1 aromatic heterocycles. The highest BCUT2D eigenvalue weighted by Gasteiger charge is 2.19. The third-order valence-corrected chi connectivity index (χ3v) is 4.37. The van der Waals surface area contributed by atoms with E-state index in [0.717, 1.165) is 33.9 Å². The zero-order chi connectivity index (χ0) is 12.7. The minimum atomic E-state index is 1.05. The summed E-state index contributed by atoms with van der Waals surface area (Å²) in [4.78, 5) is 4.86. The molecule has 0 unspecified atom stereocenters. The van der Waals surface area contributed by atoms with Crippen molar-refractivity contribution in [1.29, 1.82) is 0 Å². The molecule has 2 aromatic rings. The fourth-order valence-corrected chi connectivity index (χ4v) is 3.30. The van der Waals surface area contributed by atoms with Crippen molar-refractivity contribution in [1.82, 2.24) is 4.98 Å². The van der Waals surface area contributed by atoms with Gasteiger partial charge in [0, 0.05) is 15.6 Å². The maximum Gasteiger partial charge on any atom is 0.0767 e. The van der Waals surface area contributed by atoms with E-state index in [-0.39, 0.29) is 0 Å². The van der Waals surface area contributed by atoms with Crippen molar-refractivity contribution >= 4 is 32.5 Å². The van der Waals surface area contributed by atoms with Crippen LogP contribution in [0.3, 0.4) is 0 Å². The highest BCUT2D eigenvalue weighted by Crippen LogP contribution is 2.37. The fourth-order valence-electron chi connectivity index (χ4n) is 2.78. The van der Waals surface area contributed by atoms with Crippen LogP contribution in [0.5, 0.6) is 0 Å². The molecule has 3 rings (SSSR count). The number of pyridine rings is 1. The molecule has 0 amide bonds. The highest BCUT2D eigenvalue weighted by molar-refractivity contribution is 9.10. The quantitative estimate of drug-likeness (QED) is 0.626. The van der Waals surface area contributed by atoms with Crippen molar-refractivity contribution in [2.75, 3.05) is 5.43 Å². The molecule has 1 aliphatic carbocycles. The number of anilines is 1. The van der Waals surface area contributed by atoms with Gasteiger partial charge in [0.1, 0.15) is 0 Å². The summed E-state index contributed by atoms with van der Waals surface area (Å²) >= 11 is 3.61. The zero-order valence-electron chi connectivity index (χ0n) is 10.4. The van der Waals surface area contributed by atoms with Crippen LogP contribution >= 0.6 is 15.9 Å². The molecule has 0 atom stereocenters. The summed E-state index contributed by atoms with van der Waals surface area (Å²) in [6.07, 6.45) is 4.57. The van der Waals surface area contributed by atoms with Crippen molar-refractivity contribution < 1.29 is 0 Å². The lowest BCUT2D eigenvalue weighted by Gasteiger charge is -2.21. The van der Waals surface area contributed by atoms with Crippen LogP contribution in [0.4, 0.5) is 5.69 Å². The molecule has 0 aliphatic heterocycles. The molecule has 18 heavy (non-hydrogen) atoms. The number of nitrogens with two attached hydrogens (primary N) is 1. The Hall–Kier alpha value is -1.13. The molecule has 0 bridgehead atoms. The number of hydrazine groups is 1. The largest absolute Gasteiger partial charge is 0.323 e. The number of nitrogens with one attached hydrogen (secondary N) is 1. The van der Waals surface area contributed by atoms with Crippen LogP contribution in [-0.2, 0) is 12.8 Å². The van der Waals surface area contributed by atoms with Crippen molar-refractivity contribution in [2.45, 2.75) is 32.6 Å². The van der Waals surface area contributed by atoms with E-state index in [9.17, 15) is 0 Å². The molecule has 0 radical (unpaired) electrons. The zero-order valence-corrected chi connectivity index (χ0v) is 12.0. The van der Waals surface area contributed by atoms with Crippen molar-refractivity contribution in [3.63, 3.8) is 0 Å². The average molecular weight is 306 g/mol. The van der Waals surface area contributed by atoms with E-state index in [1.54, 1.807) is 0 Å². The first-order valence-electron chi connectivity index (χ1n) is 6.29. The highest BCUT2D eigenvalue weighted by atomic mass is 79.9. The Bertz CT molecular complexity index is 622. The number of fused-ring (bicyclic) bond motifs is 2. The number of rotatable bonds is 1. The maximum atomic E-state index is 5.76. The van der Waals surface area contributed by atoms with Gasteiger partial charge in [-0.2, -0.15) is 0 Å². The Morgan fingerprint density at radius 3 is 2.83 bits per heavy atom. The SMILES string of the molecule is Cc1ccc(Br)c2c(NN)c3c(nc12)CCCC3. The molecular formula is C14H16BrN3. The van der Waals surface area contributed by atoms with E-state index in [1.165, 1.54) is 29.7 Å². The van der Waals surface area contributed by atoms with E-state index in [0.29, 0.717) is 0 Å². The number of benzene rings is 1. The number of hydrogen-bond acceptors (Lipinski definition) is 3. The number of hydrogen-bond donors (Lipinski definition) is 2. The first kappa shape index (κ1) is 11.9. The molecule has 1 heterocycles. The molecule has 3 nitrogen and oxygen atoms in total. The second-order valence-corrected chi connectivity index (χ2v) is 5.71. The average Bonchev–Trinajstić information content (AvgIpc) is 2.41. The van der Waals surface area contributed by atoms with Gasteiger partial charge in [-0.15, -0.1) is 0 Å². The molecular weight excluding hydrogens is 290 g/mol. The molecule has 1 aromatic carbocycles. The standard InChI is InChI=1S/C14H16BrN3/c1-8-6-7-10(15)12-13(8)17-11-5-3-2-4-9(11)14(12)18-16/h6-7H,2-5,16H2,1H3,(H,17,18). The summed E-state index contributed by atoms with van der Waals surface area (Å²) in [5, 5.41) is 1.11. The summed E-state index contributed by atoms with van der Waals surface area (Å²) in [6.45, 7) is 2.09. The summed E-state index contributed by atoms with van der Waals surface area (Å²) < 4.78 is 1.05. The van der Waals surface area contributed by atoms with Crippen LogP contribution in [0.1, 0.15) is 29.7 Å². The summed E-state index contributed by atoms with van der Waals surface area (Å²) in [7, 11) is 0. The summed E-state index contributed by atoms with van der Waals surface area (Å²) in [5.74, 6) is 5.76. The number of nitrogen functional groups attached to an aromatic ring is 1. The maximum absolute atomic E-state index is 5.76. The number of halogens is 1. The lowest BCUT2D eigenvalue weighted by Crippen LogP contribution is -2.15. The molecule has 0 saturated carbocycles. The summed E-state index contributed by atoms with van der Waals surface area (Å²) in [5.41, 5.74) is 8.69. The third kappa shape index (κ3) is 1.71. The van der Waals surface area contributed by atoms with E-state index < -0.39 is 0 Å². The van der Waals surface area contributed by atoms with Crippen LogP contribution in [0.25, 0.3) is 10.9 Å². The summed E-state index contributed by atoms with van der Waals surface area (Å²) in [6, 6.07) is 4.16. The lowest BCUT2D eigenvalue weighted by atomic mass is 9.92. The van der Waals surface area contributed by atoms with E-state index in [4.69, 9.17) is 10.8 Å². The van der Waals surface area contributed by atoms with Gasteiger partial charge >= 0.3 is 0 Å². The molecule has 94 valence electrons. The van der Waals surface area contributed by atoms with Gasteiger partial charge in [-0.05, 0) is 49.8 Å². The molecule has 0 saturated heterocycles. The van der Waals surface area contributed by atoms with Gasteiger partial charge in [-0.1, -0.05) is 22.0 Å². The smallest absolute Gasteiger partial charge is 0.0767 e. The lowest BCUT2D eigenvalue weighted by molar-refractivity contribution is 0.672. The fraction of sp³-hybridized carbons (Fsp3) is 0.357. The molecule has 0 fully saturated rings. The molecule has 1 aliphatic rings. The van der Waals surface area contributed by atoms with Gasteiger partial charge in [-0.3, -0.25) is 10.8 Å². The minimum Gasteiger partial charge on any atom is -0.323 e. The van der Waals surface area contributed by atoms with Crippen LogP contribution in [0.15, 0.2) is 16.6 Å². The van der Waals surface area contributed by atoms with Crippen molar-refractivity contribution in [3.05, 3.63) is 33.4 Å². The predicted molar refractivity (Wildman–Crippen MR) is 78.6 cm³/mol. The normalized spacial score (nSPS) is 14.6. The van der Waals surface area contributed by atoms with Crippen LogP contribution in [-0.4, -0.2) is 4.98 Å². The first-order chi connectivity index (χ1) is 8.72. The van der Waals surface area contributed by atoms with Gasteiger partial charge < -0.3 is 5.43 Å². The van der Waals surface area contributed by atoms with Crippen LogP contribution < -0.4 is 11.3 Å². The van der Waals surface area contributed by atoms with E-state index in [2.05, 4.69) is 40.4 Å². The minimum absolute atomic E-state index is 1.05. The third-order valence-electron chi connectivity index (χ3n) is 3.71. The molecule has 3 N–H and O–H groups in total. The van der Waals surface area contributed by atoms with Gasteiger partial charge in [-0.25, -0.2) is 0 Å². The Morgan fingerprint density at radius 2 is 2.06 bits per heavy atom. The number of aromatic nitrogens is 1. The Kier molecular flexibility index (Phi) is 2.99. The van der Waals surface area contributed by atoms with Gasteiger partial charge in [0.15, 0.2) is 0 Å². The second kappa shape index (κ2) is 4.52. The van der Waals surface area contributed by atoms with E-state index in [1.807, 2.05) is 0 Å². The van der Waals surface area contributed by atoms with Crippen LogP contribution in [0.2, 0.25) is 0 Å². The predicted octanol–water partition coefficient (Wildman–Crippen LogP) is 3.47. The van der Waals surface area contributed by atoms with Crippen molar-refractivity contribution in [3.8, 4) is 0 Å².